The number of hydrogen-bond acceptors (Lipinski definition) is 2. The molecule has 0 radical (unpaired) electrons. The molecule has 0 aliphatic carbocycles. The van der Waals surface area contributed by atoms with Crippen molar-refractivity contribution in [3.8, 4) is 55.6 Å². The Balaban J connectivity index is 1.10. The summed E-state index contributed by atoms with van der Waals surface area (Å²) in [6.07, 6.45) is 0. The van der Waals surface area contributed by atoms with Crippen molar-refractivity contribution in [3.63, 3.8) is 0 Å². The van der Waals surface area contributed by atoms with Crippen molar-refractivity contribution in [1.29, 1.82) is 0 Å². The van der Waals surface area contributed by atoms with E-state index in [-0.39, 0.29) is 0 Å². The SMILES string of the molecule is c1ccc(-c2ccc3cccc(-c4cccc(N(c5ccc(-c6ccccc6-c6ccccc6)cc5)c5cccc6oc7ccc(-c8ccccc8)cc7c56)c4)c3c2)cc1. The zero-order chi connectivity index (χ0) is 39.8. The van der Waals surface area contributed by atoms with Gasteiger partial charge in [-0.2, -0.15) is 0 Å². The molecule has 0 fully saturated rings. The number of fused-ring (bicyclic) bond motifs is 4. The number of anilines is 3. The topological polar surface area (TPSA) is 16.4 Å². The summed E-state index contributed by atoms with van der Waals surface area (Å²) in [6, 6.07) is 84.8. The maximum absolute atomic E-state index is 6.60. The summed E-state index contributed by atoms with van der Waals surface area (Å²) in [4.78, 5) is 2.39. The molecule has 282 valence electrons. The van der Waals surface area contributed by atoms with E-state index in [4.69, 9.17) is 4.42 Å². The van der Waals surface area contributed by atoms with Gasteiger partial charge >= 0.3 is 0 Å². The molecule has 2 heteroatoms. The fraction of sp³-hybridized carbons (Fsp3) is 0. The molecule has 0 aliphatic rings. The lowest BCUT2D eigenvalue weighted by Gasteiger charge is -2.27. The standard InChI is InChI=1S/C58H39NO/c1-4-15-40(16-5-1)45-30-29-43-21-13-26-52(53(43)38-45)47-22-12-23-49(37-47)59(48-34-31-44(32-35-48)51-25-11-10-24-50(51)42-19-8-3-9-20-42)55-27-14-28-57-58(55)54-39-46(33-36-56(54)60-57)41-17-6-2-7-18-41/h1-39H. The van der Waals surface area contributed by atoms with E-state index in [0.29, 0.717) is 0 Å². The van der Waals surface area contributed by atoms with Crippen LogP contribution in [0.2, 0.25) is 0 Å². The molecule has 2 nitrogen and oxygen atoms in total. The number of furan rings is 1. The monoisotopic (exact) mass is 765 g/mol. The summed E-state index contributed by atoms with van der Waals surface area (Å²) in [5.74, 6) is 0. The Labute approximate surface area is 349 Å². The summed E-state index contributed by atoms with van der Waals surface area (Å²) in [5, 5.41) is 4.59. The zero-order valence-corrected chi connectivity index (χ0v) is 32.9. The molecule has 0 saturated heterocycles. The molecule has 0 bridgehead atoms. The van der Waals surface area contributed by atoms with Crippen molar-refractivity contribution in [2.24, 2.45) is 0 Å². The van der Waals surface area contributed by atoms with Gasteiger partial charge in [0.2, 0.25) is 0 Å². The van der Waals surface area contributed by atoms with Crippen LogP contribution in [-0.2, 0) is 0 Å². The minimum atomic E-state index is 0.852. The number of rotatable bonds is 8. The maximum Gasteiger partial charge on any atom is 0.137 e. The highest BCUT2D eigenvalue weighted by atomic mass is 16.3. The van der Waals surface area contributed by atoms with E-state index >= 15 is 0 Å². The Morgan fingerprint density at radius 1 is 0.283 bits per heavy atom. The molecule has 0 aliphatic heterocycles. The first kappa shape index (κ1) is 35.2. The molecule has 0 atom stereocenters. The van der Waals surface area contributed by atoms with Crippen LogP contribution < -0.4 is 4.90 Å². The summed E-state index contributed by atoms with van der Waals surface area (Å²) in [6.45, 7) is 0. The molecular formula is C58H39NO. The van der Waals surface area contributed by atoms with E-state index in [0.717, 1.165) is 55.7 Å². The molecule has 1 heterocycles. The van der Waals surface area contributed by atoms with Crippen LogP contribution in [0.5, 0.6) is 0 Å². The van der Waals surface area contributed by atoms with Gasteiger partial charge in [0.25, 0.3) is 0 Å². The van der Waals surface area contributed by atoms with E-state index in [2.05, 4.69) is 241 Å². The van der Waals surface area contributed by atoms with Gasteiger partial charge in [0.15, 0.2) is 0 Å². The third-order valence-electron chi connectivity index (χ3n) is 11.7. The third-order valence-corrected chi connectivity index (χ3v) is 11.7. The molecule has 1 aromatic heterocycles. The Bertz CT molecular complexity index is 3290. The first-order chi connectivity index (χ1) is 29.7. The second-order valence-electron chi connectivity index (χ2n) is 15.3. The summed E-state index contributed by atoms with van der Waals surface area (Å²) in [5.41, 5.74) is 16.7. The molecule has 11 rings (SSSR count). The highest BCUT2D eigenvalue weighted by Crippen LogP contribution is 2.45. The predicted molar refractivity (Wildman–Crippen MR) is 253 cm³/mol. The van der Waals surface area contributed by atoms with Gasteiger partial charge in [-0.25, -0.2) is 0 Å². The van der Waals surface area contributed by atoms with Crippen LogP contribution >= 0.6 is 0 Å². The second-order valence-corrected chi connectivity index (χ2v) is 15.3. The molecule has 11 aromatic rings. The molecule has 0 spiro atoms. The summed E-state index contributed by atoms with van der Waals surface area (Å²) >= 11 is 0. The smallest absolute Gasteiger partial charge is 0.137 e. The molecule has 10 aromatic carbocycles. The highest BCUT2D eigenvalue weighted by molar-refractivity contribution is 6.14. The largest absolute Gasteiger partial charge is 0.456 e. The predicted octanol–water partition coefficient (Wildman–Crippen LogP) is 16.5. The van der Waals surface area contributed by atoms with Crippen LogP contribution in [0.15, 0.2) is 241 Å². The first-order valence-corrected chi connectivity index (χ1v) is 20.5. The van der Waals surface area contributed by atoms with Crippen molar-refractivity contribution in [2.75, 3.05) is 4.90 Å². The average molecular weight is 766 g/mol. The fourth-order valence-electron chi connectivity index (χ4n) is 8.77. The van der Waals surface area contributed by atoms with Crippen molar-refractivity contribution in [2.45, 2.75) is 0 Å². The normalized spacial score (nSPS) is 11.3. The van der Waals surface area contributed by atoms with Crippen molar-refractivity contribution >= 4 is 49.8 Å². The minimum absolute atomic E-state index is 0.852. The van der Waals surface area contributed by atoms with Crippen molar-refractivity contribution < 1.29 is 4.42 Å². The Kier molecular flexibility index (Phi) is 8.87. The van der Waals surface area contributed by atoms with Crippen molar-refractivity contribution in [3.05, 3.63) is 237 Å². The molecule has 0 saturated carbocycles. The molecule has 0 amide bonds. The number of benzene rings is 10. The van der Waals surface area contributed by atoms with E-state index in [9.17, 15) is 0 Å². The van der Waals surface area contributed by atoms with E-state index < -0.39 is 0 Å². The van der Waals surface area contributed by atoms with Crippen LogP contribution in [0.25, 0.3) is 88.3 Å². The quantitative estimate of drug-likeness (QED) is 0.153. The number of nitrogens with zero attached hydrogens (tertiary/aromatic N) is 1. The van der Waals surface area contributed by atoms with Crippen LogP contribution in [0.1, 0.15) is 0 Å². The third kappa shape index (κ3) is 6.41. The van der Waals surface area contributed by atoms with E-state index in [1.54, 1.807) is 0 Å². The van der Waals surface area contributed by atoms with Gasteiger partial charge in [-0.1, -0.05) is 182 Å². The molecule has 0 unspecified atom stereocenters. The average Bonchev–Trinajstić information content (AvgIpc) is 3.71. The first-order valence-electron chi connectivity index (χ1n) is 20.5. The fourth-order valence-corrected chi connectivity index (χ4v) is 8.77. The van der Waals surface area contributed by atoms with E-state index in [1.807, 2.05) is 0 Å². The van der Waals surface area contributed by atoms with Gasteiger partial charge in [-0.05, 0) is 121 Å². The van der Waals surface area contributed by atoms with Gasteiger partial charge in [0, 0.05) is 16.8 Å². The Morgan fingerprint density at radius 2 is 0.817 bits per heavy atom. The van der Waals surface area contributed by atoms with Gasteiger partial charge in [0.1, 0.15) is 11.2 Å². The maximum atomic E-state index is 6.60. The molecule has 0 N–H and O–H groups in total. The highest BCUT2D eigenvalue weighted by Gasteiger charge is 2.21. The van der Waals surface area contributed by atoms with E-state index in [1.165, 1.54) is 49.7 Å². The van der Waals surface area contributed by atoms with Crippen LogP contribution in [0.4, 0.5) is 17.1 Å². The van der Waals surface area contributed by atoms with Gasteiger partial charge < -0.3 is 9.32 Å². The van der Waals surface area contributed by atoms with Gasteiger partial charge in [-0.15, -0.1) is 0 Å². The minimum Gasteiger partial charge on any atom is -0.456 e. The lowest BCUT2D eigenvalue weighted by molar-refractivity contribution is 0.669. The van der Waals surface area contributed by atoms with Gasteiger partial charge in [-0.3, -0.25) is 0 Å². The van der Waals surface area contributed by atoms with Gasteiger partial charge in [0.05, 0.1) is 11.1 Å². The van der Waals surface area contributed by atoms with Crippen LogP contribution in [-0.4, -0.2) is 0 Å². The van der Waals surface area contributed by atoms with Crippen molar-refractivity contribution in [1.82, 2.24) is 0 Å². The zero-order valence-electron chi connectivity index (χ0n) is 32.9. The molecule has 60 heavy (non-hydrogen) atoms. The molecular weight excluding hydrogens is 727 g/mol. The summed E-state index contributed by atoms with van der Waals surface area (Å²) in [7, 11) is 0. The summed E-state index contributed by atoms with van der Waals surface area (Å²) < 4.78 is 6.60. The number of hydrogen-bond donors (Lipinski definition) is 0. The van der Waals surface area contributed by atoms with Crippen LogP contribution in [0.3, 0.4) is 0 Å². The lowest BCUT2D eigenvalue weighted by atomic mass is 9.94. The second kappa shape index (κ2) is 15.1. The van der Waals surface area contributed by atoms with Crippen LogP contribution in [0, 0.1) is 0 Å². The Morgan fingerprint density at radius 3 is 1.52 bits per heavy atom. The Hall–Kier alpha value is -7.94. The lowest BCUT2D eigenvalue weighted by Crippen LogP contribution is -2.10.